The van der Waals surface area contributed by atoms with Crippen LogP contribution in [0.4, 0.5) is 0 Å². The Bertz CT molecular complexity index is 254. The molecule has 1 atom stereocenters. The van der Waals surface area contributed by atoms with E-state index in [2.05, 4.69) is 0 Å². The summed E-state index contributed by atoms with van der Waals surface area (Å²) in [5, 5.41) is 0.427. The van der Waals surface area contributed by atoms with E-state index in [9.17, 15) is 0 Å². The van der Waals surface area contributed by atoms with E-state index in [1.807, 2.05) is 0 Å². The number of furan rings is 1. The lowest BCUT2D eigenvalue weighted by molar-refractivity contribution is 0.552. The molecule has 60 valence electrons. The van der Waals surface area contributed by atoms with Crippen molar-refractivity contribution in [3.05, 3.63) is 23.1 Å². The topological polar surface area (TPSA) is 39.2 Å². The highest BCUT2D eigenvalue weighted by molar-refractivity contribution is 6.28. The van der Waals surface area contributed by atoms with E-state index in [1.165, 1.54) is 12.8 Å². The summed E-state index contributed by atoms with van der Waals surface area (Å²) in [6.45, 7) is 0. The SMILES string of the molecule is NC(c1coc(Cl)c1)C1CC1. The Morgan fingerprint density at radius 2 is 2.36 bits per heavy atom. The molecular weight excluding hydrogens is 162 g/mol. The Balaban J connectivity index is 2.14. The minimum atomic E-state index is 0.131. The van der Waals surface area contributed by atoms with Gasteiger partial charge in [-0.05, 0) is 30.4 Å². The number of hydrogen-bond donors (Lipinski definition) is 1. The normalized spacial score (nSPS) is 20.2. The summed E-state index contributed by atoms with van der Waals surface area (Å²) in [6.07, 6.45) is 4.12. The van der Waals surface area contributed by atoms with E-state index in [1.54, 1.807) is 12.3 Å². The molecule has 1 saturated carbocycles. The minimum Gasteiger partial charge on any atom is -0.453 e. The van der Waals surface area contributed by atoms with Crippen molar-refractivity contribution >= 4 is 11.6 Å². The largest absolute Gasteiger partial charge is 0.453 e. The van der Waals surface area contributed by atoms with Gasteiger partial charge in [-0.1, -0.05) is 0 Å². The van der Waals surface area contributed by atoms with Gasteiger partial charge in [-0.2, -0.15) is 0 Å². The molecule has 1 aliphatic rings. The second-order valence-corrected chi connectivity index (χ2v) is 3.42. The van der Waals surface area contributed by atoms with E-state index in [0.29, 0.717) is 11.1 Å². The van der Waals surface area contributed by atoms with Gasteiger partial charge in [-0.15, -0.1) is 0 Å². The lowest BCUT2D eigenvalue weighted by Crippen LogP contribution is -2.10. The first-order valence-electron chi connectivity index (χ1n) is 3.77. The maximum absolute atomic E-state index is 5.89. The van der Waals surface area contributed by atoms with Crippen LogP contribution in [0.1, 0.15) is 24.4 Å². The molecule has 11 heavy (non-hydrogen) atoms. The van der Waals surface area contributed by atoms with Crippen molar-refractivity contribution in [2.45, 2.75) is 18.9 Å². The van der Waals surface area contributed by atoms with Gasteiger partial charge in [-0.3, -0.25) is 0 Å². The molecule has 2 nitrogen and oxygen atoms in total. The molecule has 1 unspecified atom stereocenters. The van der Waals surface area contributed by atoms with Crippen LogP contribution in [0.2, 0.25) is 5.22 Å². The van der Waals surface area contributed by atoms with Gasteiger partial charge in [0.1, 0.15) is 0 Å². The molecule has 0 aliphatic heterocycles. The maximum atomic E-state index is 5.89. The first kappa shape index (κ1) is 7.19. The molecule has 1 aliphatic carbocycles. The van der Waals surface area contributed by atoms with Crippen molar-refractivity contribution in [1.29, 1.82) is 0 Å². The van der Waals surface area contributed by atoms with E-state index in [0.717, 1.165) is 5.56 Å². The Morgan fingerprint density at radius 1 is 1.64 bits per heavy atom. The molecule has 2 N–H and O–H groups in total. The molecule has 1 heterocycles. The zero-order chi connectivity index (χ0) is 7.84. The second-order valence-electron chi connectivity index (χ2n) is 3.05. The summed E-state index contributed by atoms with van der Waals surface area (Å²) in [7, 11) is 0. The average molecular weight is 172 g/mol. The minimum absolute atomic E-state index is 0.131. The lowest BCUT2D eigenvalue weighted by atomic mass is 10.1. The molecule has 0 saturated heterocycles. The second kappa shape index (κ2) is 2.54. The zero-order valence-electron chi connectivity index (χ0n) is 6.09. The Kier molecular flexibility index (Phi) is 1.66. The van der Waals surface area contributed by atoms with Crippen LogP contribution < -0.4 is 5.73 Å². The smallest absolute Gasteiger partial charge is 0.193 e. The third-order valence-corrected chi connectivity index (χ3v) is 2.30. The van der Waals surface area contributed by atoms with Crippen molar-refractivity contribution in [1.82, 2.24) is 0 Å². The van der Waals surface area contributed by atoms with Crippen LogP contribution >= 0.6 is 11.6 Å². The third-order valence-electron chi connectivity index (χ3n) is 2.10. The summed E-state index contributed by atoms with van der Waals surface area (Å²) in [6, 6.07) is 1.93. The van der Waals surface area contributed by atoms with E-state index >= 15 is 0 Å². The molecule has 0 aromatic carbocycles. The summed E-state index contributed by atoms with van der Waals surface area (Å²) >= 11 is 5.61. The fraction of sp³-hybridized carbons (Fsp3) is 0.500. The molecule has 0 amide bonds. The molecule has 1 aromatic rings. The van der Waals surface area contributed by atoms with Crippen molar-refractivity contribution < 1.29 is 4.42 Å². The molecule has 3 heteroatoms. The van der Waals surface area contributed by atoms with Crippen molar-refractivity contribution in [2.75, 3.05) is 0 Å². The van der Waals surface area contributed by atoms with Crippen molar-refractivity contribution in [3.8, 4) is 0 Å². The van der Waals surface area contributed by atoms with Gasteiger partial charge >= 0.3 is 0 Å². The summed E-state index contributed by atoms with van der Waals surface area (Å²) < 4.78 is 4.95. The number of rotatable bonds is 2. The average Bonchev–Trinajstić information content (AvgIpc) is 2.74. The van der Waals surface area contributed by atoms with Gasteiger partial charge < -0.3 is 10.2 Å². The number of hydrogen-bond acceptors (Lipinski definition) is 2. The highest BCUT2D eigenvalue weighted by Crippen LogP contribution is 2.40. The summed E-state index contributed by atoms with van der Waals surface area (Å²) in [5.74, 6) is 0.656. The predicted molar refractivity (Wildman–Crippen MR) is 43.4 cm³/mol. The molecule has 0 spiro atoms. The van der Waals surface area contributed by atoms with Crippen LogP contribution in [-0.4, -0.2) is 0 Å². The predicted octanol–water partition coefficient (Wildman–Crippen LogP) is 2.34. The third kappa shape index (κ3) is 1.42. The first-order valence-corrected chi connectivity index (χ1v) is 4.14. The van der Waals surface area contributed by atoms with Gasteiger partial charge in [0.05, 0.1) is 6.26 Å². The van der Waals surface area contributed by atoms with Gasteiger partial charge in [0.15, 0.2) is 5.22 Å². The lowest BCUT2D eigenvalue weighted by Gasteiger charge is -2.04. The first-order chi connectivity index (χ1) is 5.27. The van der Waals surface area contributed by atoms with E-state index in [-0.39, 0.29) is 6.04 Å². The van der Waals surface area contributed by atoms with Crippen molar-refractivity contribution in [2.24, 2.45) is 11.7 Å². The molecule has 0 radical (unpaired) electrons. The summed E-state index contributed by atoms with van der Waals surface area (Å²) in [5.41, 5.74) is 6.92. The van der Waals surface area contributed by atoms with Crippen LogP contribution in [0.15, 0.2) is 16.7 Å². The monoisotopic (exact) mass is 171 g/mol. The molecule has 1 fully saturated rings. The summed E-state index contributed by atoms with van der Waals surface area (Å²) in [4.78, 5) is 0. The standard InChI is InChI=1S/C8H10ClNO/c9-7-3-6(4-11-7)8(10)5-1-2-5/h3-5,8H,1-2,10H2. The molecule has 0 bridgehead atoms. The Hall–Kier alpha value is -0.470. The van der Waals surface area contributed by atoms with Crippen LogP contribution in [-0.2, 0) is 0 Å². The van der Waals surface area contributed by atoms with E-state index < -0.39 is 0 Å². The number of halogens is 1. The van der Waals surface area contributed by atoms with Gasteiger partial charge in [0, 0.05) is 17.7 Å². The Labute approximate surface area is 70.3 Å². The van der Waals surface area contributed by atoms with Crippen LogP contribution in [0, 0.1) is 5.92 Å². The van der Waals surface area contributed by atoms with Crippen LogP contribution in [0.3, 0.4) is 0 Å². The Morgan fingerprint density at radius 3 is 2.82 bits per heavy atom. The van der Waals surface area contributed by atoms with Crippen LogP contribution in [0.5, 0.6) is 0 Å². The fourth-order valence-corrected chi connectivity index (χ4v) is 1.40. The van der Waals surface area contributed by atoms with E-state index in [4.69, 9.17) is 21.8 Å². The molecular formula is C8H10ClNO. The number of nitrogens with two attached hydrogens (primary N) is 1. The van der Waals surface area contributed by atoms with Gasteiger partial charge in [-0.25, -0.2) is 0 Å². The zero-order valence-corrected chi connectivity index (χ0v) is 6.84. The van der Waals surface area contributed by atoms with Gasteiger partial charge in [0.2, 0.25) is 0 Å². The highest BCUT2D eigenvalue weighted by atomic mass is 35.5. The highest BCUT2D eigenvalue weighted by Gasteiger charge is 2.30. The molecule has 2 rings (SSSR count). The van der Waals surface area contributed by atoms with Crippen molar-refractivity contribution in [3.63, 3.8) is 0 Å². The maximum Gasteiger partial charge on any atom is 0.193 e. The van der Waals surface area contributed by atoms with Gasteiger partial charge in [0.25, 0.3) is 0 Å². The fourth-order valence-electron chi connectivity index (χ4n) is 1.23. The van der Waals surface area contributed by atoms with Crippen LogP contribution in [0.25, 0.3) is 0 Å². The molecule has 1 aromatic heterocycles. The quantitative estimate of drug-likeness (QED) is 0.742.